The molecule has 2 N–H and O–H groups in total. The smallest absolute Gasteiger partial charge is 0.338 e. The minimum atomic E-state index is -1.44. The minimum absolute atomic E-state index is 0.000957. The number of carboxylic acids is 1. The second-order valence-electron chi connectivity index (χ2n) is 7.08. The maximum Gasteiger partial charge on any atom is 0.338 e. The molecule has 1 fully saturated rings. The number of hydrogen-bond acceptors (Lipinski definition) is 5. The minimum Gasteiger partial charge on any atom is -0.478 e. The Balaban J connectivity index is 1.54. The van der Waals surface area contributed by atoms with E-state index < -0.39 is 34.4 Å². The van der Waals surface area contributed by atoms with Crippen LogP contribution in [0.3, 0.4) is 0 Å². The molecular formula is C23H21FN2O5S. The van der Waals surface area contributed by atoms with E-state index in [2.05, 4.69) is 5.32 Å². The maximum absolute atomic E-state index is 13.4. The molecule has 2 aromatic carbocycles. The first kappa shape index (κ1) is 23.2. The molecule has 3 rings (SSSR count). The van der Waals surface area contributed by atoms with Crippen LogP contribution in [0, 0.1) is 5.82 Å². The molecule has 1 aliphatic rings. The summed E-state index contributed by atoms with van der Waals surface area (Å²) in [4.78, 5) is 49.3. The Kier molecular flexibility index (Phi) is 7.42. The number of carbonyl (C=O) groups excluding carboxylic acids is 3. The summed E-state index contributed by atoms with van der Waals surface area (Å²) in [6, 6.07) is 11.0. The zero-order valence-electron chi connectivity index (χ0n) is 17.3. The second-order valence-corrected chi connectivity index (χ2v) is 8.07. The molecule has 0 spiro atoms. The predicted octanol–water partition coefficient (Wildman–Crippen LogP) is 4.54. The van der Waals surface area contributed by atoms with Crippen LogP contribution in [-0.2, 0) is 16.0 Å². The highest BCUT2D eigenvalue weighted by molar-refractivity contribution is 8.18. The van der Waals surface area contributed by atoms with Crippen molar-refractivity contribution >= 4 is 46.5 Å². The van der Waals surface area contributed by atoms with Crippen LogP contribution < -0.4 is 5.32 Å². The number of aryl methyl sites for hydroxylation is 1. The van der Waals surface area contributed by atoms with Crippen LogP contribution >= 0.6 is 11.8 Å². The van der Waals surface area contributed by atoms with E-state index in [1.807, 2.05) is 31.2 Å². The standard InChI is InChI=1S/C23H21FN2O5S/c1-2-14-5-7-15(8-6-14)12-19-21(28)26(23(31)32-19)11-3-4-20(27)25-16-9-10-18(24)17(13-16)22(29)30/h5-10,12-13H,2-4,11H2,1H3,(H,25,27)(H,29,30)/b19-12-. The van der Waals surface area contributed by atoms with Gasteiger partial charge in [-0.2, -0.15) is 0 Å². The molecule has 32 heavy (non-hydrogen) atoms. The largest absolute Gasteiger partial charge is 0.478 e. The van der Waals surface area contributed by atoms with Gasteiger partial charge in [0.15, 0.2) is 0 Å². The summed E-state index contributed by atoms with van der Waals surface area (Å²) in [5.74, 6) is -3.17. The third-order valence-corrected chi connectivity index (χ3v) is 5.73. The van der Waals surface area contributed by atoms with Gasteiger partial charge < -0.3 is 10.4 Å². The molecule has 7 nitrogen and oxygen atoms in total. The molecule has 0 unspecified atom stereocenters. The first-order valence-electron chi connectivity index (χ1n) is 9.95. The third-order valence-electron chi connectivity index (χ3n) is 4.83. The lowest BCUT2D eigenvalue weighted by molar-refractivity contribution is -0.123. The van der Waals surface area contributed by atoms with Crippen LogP contribution in [0.5, 0.6) is 0 Å². The highest BCUT2D eigenvalue weighted by Gasteiger charge is 2.34. The van der Waals surface area contributed by atoms with Crippen LogP contribution in [0.25, 0.3) is 6.08 Å². The van der Waals surface area contributed by atoms with Crippen molar-refractivity contribution in [1.29, 1.82) is 0 Å². The van der Waals surface area contributed by atoms with Gasteiger partial charge in [0.2, 0.25) is 5.91 Å². The lowest BCUT2D eigenvalue weighted by Crippen LogP contribution is -2.29. The average Bonchev–Trinajstić information content (AvgIpc) is 3.02. The van der Waals surface area contributed by atoms with E-state index in [4.69, 9.17) is 5.11 Å². The van der Waals surface area contributed by atoms with E-state index >= 15 is 0 Å². The number of aromatic carboxylic acids is 1. The van der Waals surface area contributed by atoms with Gasteiger partial charge in [0.1, 0.15) is 5.82 Å². The molecular weight excluding hydrogens is 435 g/mol. The molecule has 1 saturated heterocycles. The number of imide groups is 1. The fourth-order valence-electron chi connectivity index (χ4n) is 3.08. The number of hydrogen-bond donors (Lipinski definition) is 2. The summed E-state index contributed by atoms with van der Waals surface area (Å²) in [7, 11) is 0. The third kappa shape index (κ3) is 5.61. The molecule has 2 aromatic rings. The normalized spacial score (nSPS) is 14.8. The number of amides is 3. The number of nitrogens with one attached hydrogen (secondary N) is 1. The molecule has 1 aliphatic heterocycles. The second kappa shape index (κ2) is 10.2. The van der Waals surface area contributed by atoms with Gasteiger partial charge in [0.25, 0.3) is 11.1 Å². The fraction of sp³-hybridized carbons (Fsp3) is 0.217. The maximum atomic E-state index is 13.4. The Morgan fingerprint density at radius 1 is 1.16 bits per heavy atom. The summed E-state index contributed by atoms with van der Waals surface area (Å²) >= 11 is 0.861. The zero-order chi connectivity index (χ0) is 23.3. The van der Waals surface area contributed by atoms with Gasteiger partial charge in [-0.05, 0) is 60.0 Å². The first-order valence-corrected chi connectivity index (χ1v) is 10.8. The van der Waals surface area contributed by atoms with Crippen molar-refractivity contribution in [1.82, 2.24) is 4.90 Å². The monoisotopic (exact) mass is 456 g/mol. The molecule has 0 atom stereocenters. The number of anilines is 1. The van der Waals surface area contributed by atoms with Crippen molar-refractivity contribution in [3.63, 3.8) is 0 Å². The van der Waals surface area contributed by atoms with Gasteiger partial charge in [0.05, 0.1) is 10.5 Å². The molecule has 9 heteroatoms. The number of carbonyl (C=O) groups is 4. The van der Waals surface area contributed by atoms with Crippen molar-refractivity contribution in [2.75, 3.05) is 11.9 Å². The zero-order valence-corrected chi connectivity index (χ0v) is 18.1. The van der Waals surface area contributed by atoms with Crippen LogP contribution in [0.15, 0.2) is 47.4 Å². The molecule has 166 valence electrons. The fourth-order valence-corrected chi connectivity index (χ4v) is 3.95. The quantitative estimate of drug-likeness (QED) is 0.565. The molecule has 0 bridgehead atoms. The van der Waals surface area contributed by atoms with Gasteiger partial charge >= 0.3 is 5.97 Å². The van der Waals surface area contributed by atoms with Crippen molar-refractivity contribution in [2.45, 2.75) is 26.2 Å². The Bertz CT molecular complexity index is 1100. The number of benzene rings is 2. The topological polar surface area (TPSA) is 104 Å². The van der Waals surface area contributed by atoms with E-state index in [0.717, 1.165) is 40.8 Å². The molecule has 0 saturated carbocycles. The van der Waals surface area contributed by atoms with E-state index in [-0.39, 0.29) is 25.1 Å². The van der Waals surface area contributed by atoms with Crippen LogP contribution in [0.4, 0.5) is 14.9 Å². The summed E-state index contributed by atoms with van der Waals surface area (Å²) in [6.45, 7) is 2.13. The Morgan fingerprint density at radius 3 is 2.53 bits per heavy atom. The average molecular weight is 456 g/mol. The van der Waals surface area contributed by atoms with Crippen LogP contribution in [0.2, 0.25) is 0 Å². The van der Waals surface area contributed by atoms with Crippen LogP contribution in [-0.4, -0.2) is 39.6 Å². The van der Waals surface area contributed by atoms with Crippen molar-refractivity contribution in [3.05, 3.63) is 69.9 Å². The summed E-state index contributed by atoms with van der Waals surface area (Å²) in [5, 5.41) is 11.0. The lowest BCUT2D eigenvalue weighted by Gasteiger charge is -2.12. The predicted molar refractivity (Wildman–Crippen MR) is 120 cm³/mol. The van der Waals surface area contributed by atoms with Crippen LogP contribution in [0.1, 0.15) is 41.3 Å². The molecule has 3 amide bonds. The number of thioether (sulfide) groups is 1. The number of nitrogens with zero attached hydrogens (tertiary/aromatic N) is 1. The molecule has 0 aromatic heterocycles. The number of rotatable bonds is 8. The van der Waals surface area contributed by atoms with E-state index in [1.54, 1.807) is 6.08 Å². The highest BCUT2D eigenvalue weighted by atomic mass is 32.2. The Labute approximate surface area is 188 Å². The van der Waals surface area contributed by atoms with Crippen molar-refractivity contribution in [3.8, 4) is 0 Å². The number of carboxylic acid groups (broad SMARTS) is 1. The molecule has 1 heterocycles. The van der Waals surface area contributed by atoms with Gasteiger partial charge in [-0.3, -0.25) is 19.3 Å². The summed E-state index contributed by atoms with van der Waals surface area (Å²) < 4.78 is 13.4. The van der Waals surface area contributed by atoms with Crippen molar-refractivity contribution < 1.29 is 28.7 Å². The lowest BCUT2D eigenvalue weighted by atomic mass is 10.1. The van der Waals surface area contributed by atoms with E-state index in [9.17, 15) is 23.6 Å². The number of halogens is 1. The Hall–Kier alpha value is -3.46. The Morgan fingerprint density at radius 2 is 1.88 bits per heavy atom. The molecule has 0 aliphatic carbocycles. The van der Waals surface area contributed by atoms with Gasteiger partial charge in [-0.1, -0.05) is 31.2 Å². The van der Waals surface area contributed by atoms with Crippen molar-refractivity contribution in [2.24, 2.45) is 0 Å². The summed E-state index contributed by atoms with van der Waals surface area (Å²) in [6.07, 6.45) is 2.81. The van der Waals surface area contributed by atoms with E-state index in [1.165, 1.54) is 11.6 Å². The van der Waals surface area contributed by atoms with Gasteiger partial charge in [-0.25, -0.2) is 9.18 Å². The SMILES string of the molecule is CCc1ccc(/C=C2\SC(=O)N(CCCC(=O)Nc3ccc(F)c(C(=O)O)c3)C2=O)cc1. The first-order chi connectivity index (χ1) is 15.3. The van der Waals surface area contributed by atoms with Gasteiger partial charge in [0, 0.05) is 18.7 Å². The van der Waals surface area contributed by atoms with Gasteiger partial charge in [-0.15, -0.1) is 0 Å². The summed E-state index contributed by atoms with van der Waals surface area (Å²) in [5.41, 5.74) is 1.61. The molecule has 0 radical (unpaired) electrons. The highest BCUT2D eigenvalue weighted by Crippen LogP contribution is 2.32. The van der Waals surface area contributed by atoms with E-state index in [0.29, 0.717) is 4.91 Å².